The normalized spacial score (nSPS) is 23.4. The van der Waals surface area contributed by atoms with Crippen LogP contribution in [-0.2, 0) is 25.6 Å². The van der Waals surface area contributed by atoms with Crippen LogP contribution in [-0.4, -0.2) is 35.6 Å². The van der Waals surface area contributed by atoms with E-state index in [4.69, 9.17) is 9.57 Å². The van der Waals surface area contributed by atoms with Crippen LogP contribution >= 0.6 is 0 Å². The minimum atomic E-state index is -0.665. The molecule has 0 saturated heterocycles. The Bertz CT molecular complexity index is 843. The van der Waals surface area contributed by atoms with Gasteiger partial charge in [0.2, 0.25) is 0 Å². The first-order chi connectivity index (χ1) is 12.1. The van der Waals surface area contributed by atoms with Gasteiger partial charge in [-0.15, -0.1) is 0 Å². The smallest absolute Gasteiger partial charge is 0.356 e. The number of carbonyl (C=O) groups excluding carboxylic acids is 2. The van der Waals surface area contributed by atoms with Crippen molar-refractivity contribution in [1.29, 1.82) is 0 Å². The maximum atomic E-state index is 13.4. The van der Waals surface area contributed by atoms with Crippen LogP contribution in [0, 0.1) is 5.82 Å². The molecule has 6 nitrogen and oxygen atoms in total. The predicted molar refractivity (Wildman–Crippen MR) is 86.6 cm³/mol. The molecule has 2 aliphatic heterocycles. The summed E-state index contributed by atoms with van der Waals surface area (Å²) in [6, 6.07) is 4.61. The molecule has 0 spiro atoms. The summed E-state index contributed by atoms with van der Waals surface area (Å²) in [5, 5.41) is 1.20. The van der Waals surface area contributed by atoms with E-state index in [0.717, 1.165) is 41.7 Å². The van der Waals surface area contributed by atoms with Crippen molar-refractivity contribution in [2.45, 2.75) is 25.3 Å². The third kappa shape index (κ3) is 3.31. The van der Waals surface area contributed by atoms with Gasteiger partial charge in [0.15, 0.2) is 0 Å². The van der Waals surface area contributed by atoms with Gasteiger partial charge in [0.25, 0.3) is 0 Å². The van der Waals surface area contributed by atoms with Crippen LogP contribution in [0.1, 0.15) is 24.0 Å². The van der Waals surface area contributed by atoms with Crippen molar-refractivity contribution in [2.24, 2.45) is 4.99 Å². The second-order valence-corrected chi connectivity index (χ2v) is 6.14. The molecular formula is C18H15FN2O4. The molecule has 0 N–H and O–H groups in total. The molecule has 1 atom stereocenters. The Morgan fingerprint density at radius 3 is 2.92 bits per heavy atom. The lowest BCUT2D eigenvalue weighted by Crippen LogP contribution is -2.35. The number of amidine groups is 1. The lowest BCUT2D eigenvalue weighted by Gasteiger charge is -2.20. The molecule has 1 aliphatic carbocycles. The number of rotatable bonds is 2. The Hall–Kier alpha value is -2.96. The lowest BCUT2D eigenvalue weighted by molar-refractivity contribution is -0.171. The Kier molecular flexibility index (Phi) is 3.83. The minimum absolute atomic E-state index is 0.00412. The van der Waals surface area contributed by atoms with Crippen molar-refractivity contribution >= 4 is 24.0 Å². The zero-order valence-corrected chi connectivity index (χ0v) is 13.3. The van der Waals surface area contributed by atoms with Crippen molar-refractivity contribution in [3.05, 3.63) is 52.9 Å². The largest absolute Gasteiger partial charge is 0.387 e. The average molecular weight is 342 g/mol. The molecule has 7 heteroatoms. The molecule has 3 aliphatic rings. The quantitative estimate of drug-likeness (QED) is 0.771. The number of hydrogen-bond acceptors (Lipinski definition) is 6. The highest BCUT2D eigenvalue weighted by Crippen LogP contribution is 2.29. The molecule has 0 saturated carbocycles. The summed E-state index contributed by atoms with van der Waals surface area (Å²) in [6.45, 7) is 0.315. The van der Waals surface area contributed by atoms with E-state index in [1.807, 2.05) is 12.1 Å². The van der Waals surface area contributed by atoms with Gasteiger partial charge in [-0.25, -0.2) is 19.0 Å². The van der Waals surface area contributed by atoms with Gasteiger partial charge < -0.3 is 9.57 Å². The Labute approximate surface area is 143 Å². The zero-order valence-electron chi connectivity index (χ0n) is 13.3. The van der Waals surface area contributed by atoms with E-state index in [1.165, 1.54) is 17.2 Å². The maximum absolute atomic E-state index is 13.4. The molecular weight excluding hydrogens is 327 g/mol. The van der Waals surface area contributed by atoms with Crippen LogP contribution in [0.25, 0.3) is 6.08 Å². The highest BCUT2D eigenvalue weighted by atomic mass is 19.1. The molecule has 1 unspecified atom stereocenters. The van der Waals surface area contributed by atoms with Crippen LogP contribution < -0.4 is 0 Å². The number of halogens is 1. The van der Waals surface area contributed by atoms with Crippen LogP contribution in [0.2, 0.25) is 0 Å². The summed E-state index contributed by atoms with van der Waals surface area (Å²) < 4.78 is 18.5. The Morgan fingerprint density at radius 2 is 2.04 bits per heavy atom. The van der Waals surface area contributed by atoms with Crippen LogP contribution in [0.5, 0.6) is 0 Å². The number of benzene rings is 1. The van der Waals surface area contributed by atoms with Crippen molar-refractivity contribution in [3.8, 4) is 0 Å². The molecule has 0 radical (unpaired) electrons. The molecule has 4 rings (SSSR count). The molecule has 0 bridgehead atoms. The van der Waals surface area contributed by atoms with E-state index in [2.05, 4.69) is 4.99 Å². The number of aryl methyl sites for hydroxylation is 1. The van der Waals surface area contributed by atoms with Gasteiger partial charge >= 0.3 is 18.0 Å². The average Bonchev–Trinajstić information content (AvgIpc) is 2.92. The topological polar surface area (TPSA) is 68.2 Å². The summed E-state index contributed by atoms with van der Waals surface area (Å²) in [5.74, 6) is -1.57. The number of hydrogen-bond donors (Lipinski definition) is 0. The number of aliphatic imine (C=N–C) groups is 1. The Balaban J connectivity index is 1.50. The third-order valence-corrected chi connectivity index (χ3v) is 4.31. The van der Waals surface area contributed by atoms with Gasteiger partial charge in [0, 0.05) is 12.2 Å². The van der Waals surface area contributed by atoms with Gasteiger partial charge in [0.1, 0.15) is 5.82 Å². The molecule has 0 fully saturated rings. The van der Waals surface area contributed by atoms with E-state index >= 15 is 0 Å². The van der Waals surface area contributed by atoms with Gasteiger partial charge in [0.05, 0.1) is 12.6 Å². The molecule has 0 aromatic heterocycles. The van der Waals surface area contributed by atoms with Gasteiger partial charge in [-0.3, -0.25) is 0 Å². The zero-order chi connectivity index (χ0) is 17.4. The molecule has 25 heavy (non-hydrogen) atoms. The van der Waals surface area contributed by atoms with Gasteiger partial charge in [-0.05, 0) is 42.5 Å². The summed E-state index contributed by atoms with van der Waals surface area (Å²) in [7, 11) is 0. The second kappa shape index (κ2) is 6.16. The first-order valence-electron chi connectivity index (χ1n) is 8.02. The molecule has 2 heterocycles. The van der Waals surface area contributed by atoms with E-state index < -0.39 is 11.9 Å². The second-order valence-electron chi connectivity index (χ2n) is 6.14. The first kappa shape index (κ1) is 15.6. The Morgan fingerprint density at radius 1 is 1.20 bits per heavy atom. The minimum Gasteiger partial charge on any atom is -0.387 e. The van der Waals surface area contributed by atoms with Crippen molar-refractivity contribution in [2.75, 3.05) is 6.54 Å². The number of nitrogens with zero attached hydrogens (tertiary/aromatic N) is 2. The lowest BCUT2D eigenvalue weighted by atomic mass is 9.89. The van der Waals surface area contributed by atoms with Gasteiger partial charge in [-0.2, -0.15) is 5.06 Å². The number of carbonyl (C=O) groups is 2. The summed E-state index contributed by atoms with van der Waals surface area (Å²) >= 11 is 0. The summed E-state index contributed by atoms with van der Waals surface area (Å²) in [6.07, 6.45) is 6.34. The molecule has 0 amide bonds. The number of ether oxygens (including phenoxy) is 1. The molecule has 1 aromatic carbocycles. The molecule has 128 valence electrons. The summed E-state index contributed by atoms with van der Waals surface area (Å²) in [4.78, 5) is 32.5. The number of hydroxylamine groups is 2. The van der Waals surface area contributed by atoms with Crippen molar-refractivity contribution < 1.29 is 23.6 Å². The number of fused-ring (bicyclic) bond motifs is 2. The predicted octanol–water partition coefficient (Wildman–Crippen LogP) is 2.16. The van der Waals surface area contributed by atoms with Crippen LogP contribution in [0.4, 0.5) is 4.39 Å². The monoisotopic (exact) mass is 342 g/mol. The van der Waals surface area contributed by atoms with Crippen LogP contribution in [0.15, 0.2) is 40.9 Å². The van der Waals surface area contributed by atoms with E-state index in [0.29, 0.717) is 13.0 Å². The summed E-state index contributed by atoms with van der Waals surface area (Å²) in [5.41, 5.74) is 3.15. The maximum Gasteiger partial charge on any atom is 0.356 e. The van der Waals surface area contributed by atoms with E-state index in [-0.39, 0.29) is 17.9 Å². The van der Waals surface area contributed by atoms with Gasteiger partial charge in [-0.1, -0.05) is 17.7 Å². The fraction of sp³-hybridized carbons (Fsp3) is 0.278. The fourth-order valence-electron chi connectivity index (χ4n) is 3.17. The first-order valence-corrected chi connectivity index (χ1v) is 8.02. The number of esters is 1. The van der Waals surface area contributed by atoms with Crippen molar-refractivity contribution in [3.63, 3.8) is 0 Å². The SMILES string of the molecule is O=C1/C=C/C(=O)ON2CC(CC3=Cc4cc(F)ccc4CC3)N=C2O1. The molecule has 1 aromatic rings. The van der Waals surface area contributed by atoms with E-state index in [1.54, 1.807) is 0 Å². The fourth-order valence-corrected chi connectivity index (χ4v) is 3.17. The highest BCUT2D eigenvalue weighted by molar-refractivity contribution is 5.99. The van der Waals surface area contributed by atoms with E-state index in [9.17, 15) is 14.0 Å². The third-order valence-electron chi connectivity index (χ3n) is 4.31. The van der Waals surface area contributed by atoms with Crippen molar-refractivity contribution in [1.82, 2.24) is 5.06 Å². The standard InChI is InChI=1S/C18H15FN2O4/c19-14-4-3-12-2-1-11(7-13(12)9-14)8-15-10-21-18(20-15)24-16(22)5-6-17(23)25-21/h3-7,9,15H,1-2,8,10H2/b6-5+. The van der Waals surface area contributed by atoms with Crippen LogP contribution in [0.3, 0.4) is 0 Å². The highest BCUT2D eigenvalue weighted by Gasteiger charge is 2.32.